The summed E-state index contributed by atoms with van der Waals surface area (Å²) < 4.78 is 23.7. The Morgan fingerprint density at radius 2 is 1.73 bits per heavy atom. The number of fused-ring (bicyclic) bond motifs is 3. The maximum absolute atomic E-state index is 15.3. The topological polar surface area (TPSA) is 137 Å². The summed E-state index contributed by atoms with van der Waals surface area (Å²) in [5.41, 5.74) is 4.30. The average molecular weight is 918 g/mol. The van der Waals surface area contributed by atoms with Crippen molar-refractivity contribution in [3.63, 3.8) is 0 Å². The van der Waals surface area contributed by atoms with Gasteiger partial charge in [0.1, 0.15) is 23.1 Å². The summed E-state index contributed by atoms with van der Waals surface area (Å²) in [7, 11) is 5.94. The quantitative estimate of drug-likeness (QED) is 0.139. The first kappa shape index (κ1) is 46.6. The van der Waals surface area contributed by atoms with Crippen LogP contribution in [0.15, 0.2) is 97.2 Å². The van der Waals surface area contributed by atoms with Crippen molar-refractivity contribution in [2.75, 3.05) is 33.8 Å². The average Bonchev–Trinajstić information content (AvgIpc) is 3.89. The van der Waals surface area contributed by atoms with Crippen LogP contribution in [-0.4, -0.2) is 98.2 Å². The van der Waals surface area contributed by atoms with E-state index in [0.29, 0.717) is 55.1 Å². The minimum Gasteiger partial charge on any atom is -0.457 e. The number of Topliss-reactive ketones (excluding diaryl/α,β-unsaturated/α-hetero) is 1. The fourth-order valence-corrected chi connectivity index (χ4v) is 10.2. The molecule has 14 heteroatoms. The number of amides is 3. The number of aliphatic hydroxyl groups is 1. The molecule has 1 aliphatic carbocycles. The first-order valence-corrected chi connectivity index (χ1v) is 23.2. The Morgan fingerprint density at radius 1 is 0.970 bits per heavy atom. The summed E-state index contributed by atoms with van der Waals surface area (Å²) in [6.45, 7) is 2.04. The van der Waals surface area contributed by atoms with Crippen molar-refractivity contribution in [3.05, 3.63) is 136 Å². The molecule has 2 fully saturated rings. The molecule has 66 heavy (non-hydrogen) atoms. The van der Waals surface area contributed by atoms with Crippen LogP contribution in [0, 0.1) is 17.7 Å². The lowest BCUT2D eigenvalue weighted by Gasteiger charge is -2.46. The molecule has 0 spiro atoms. The zero-order valence-corrected chi connectivity index (χ0v) is 38.8. The Kier molecular flexibility index (Phi) is 14.1. The summed E-state index contributed by atoms with van der Waals surface area (Å²) in [4.78, 5) is 68.8. The second-order valence-corrected chi connectivity index (χ2v) is 19.0. The molecule has 2 bridgehead atoms. The molecular formula is C52H58ClFN6O6. The number of aromatic nitrogens is 2. The van der Waals surface area contributed by atoms with Gasteiger partial charge in [0.15, 0.2) is 5.78 Å². The highest BCUT2D eigenvalue weighted by molar-refractivity contribution is 6.30. The van der Waals surface area contributed by atoms with Gasteiger partial charge in [0.25, 0.3) is 0 Å². The van der Waals surface area contributed by atoms with Crippen LogP contribution in [0.3, 0.4) is 0 Å². The van der Waals surface area contributed by atoms with Crippen LogP contribution in [0.5, 0.6) is 11.5 Å². The molecule has 5 aromatic rings. The maximum Gasteiger partial charge on any atom is 0.226 e. The molecule has 3 amide bonds. The Labute approximate surface area is 390 Å². The lowest BCUT2D eigenvalue weighted by atomic mass is 9.79. The molecule has 346 valence electrons. The molecule has 2 N–H and O–H groups in total. The number of nitrogens with zero attached hydrogens (tertiary/aromatic N) is 5. The van der Waals surface area contributed by atoms with Gasteiger partial charge >= 0.3 is 0 Å². The zero-order valence-electron chi connectivity index (χ0n) is 38.0. The first-order valence-electron chi connectivity index (χ1n) is 22.8. The fraction of sp³-hybridized carbons (Fsp3) is 0.404. The Balaban J connectivity index is 1.13. The number of carbonyl (C=O) groups excluding carboxylic acids is 4. The van der Waals surface area contributed by atoms with E-state index < -0.39 is 53.4 Å². The number of rotatable bonds is 11. The zero-order chi connectivity index (χ0) is 46.7. The number of halogens is 2. The van der Waals surface area contributed by atoms with E-state index in [1.807, 2.05) is 79.3 Å². The highest BCUT2D eigenvalue weighted by atomic mass is 35.5. The van der Waals surface area contributed by atoms with E-state index >= 15 is 14.0 Å². The monoisotopic (exact) mass is 916 g/mol. The number of benzene rings is 4. The highest BCUT2D eigenvalue weighted by Crippen LogP contribution is 2.42. The second kappa shape index (κ2) is 19.9. The Morgan fingerprint density at radius 3 is 2.47 bits per heavy atom. The van der Waals surface area contributed by atoms with E-state index in [9.17, 15) is 14.7 Å². The van der Waals surface area contributed by atoms with E-state index in [-0.39, 0.29) is 43.5 Å². The molecule has 0 saturated carbocycles. The molecule has 0 radical (unpaired) electrons. The Hall–Kier alpha value is -5.89. The van der Waals surface area contributed by atoms with Crippen molar-refractivity contribution < 1.29 is 33.4 Å². The molecule has 8 rings (SSSR count). The first-order chi connectivity index (χ1) is 31.7. The normalized spacial score (nSPS) is 22.9. The van der Waals surface area contributed by atoms with Gasteiger partial charge in [0.05, 0.1) is 55.0 Å². The molecule has 5 atom stereocenters. The number of piperidine rings is 1. The second-order valence-electron chi connectivity index (χ2n) is 18.6. The molecule has 2 saturated heterocycles. The SMILES string of the molecule is C[C@H]1C(=O)C[C@@H](CO)C(=O)N[C@@]2(Cc3ccc(Cl)cc3)CCCN(C2)C(=O)[C@H]([C@@H]2CCc3ccccc32)CC(=O)N1Cc1cc(F)ccc1Oc1ccc(-c2cnc(CN(C)C)n2C)cc1. The number of nitrogens with one attached hydrogen (secondary N) is 1. The van der Waals surface area contributed by atoms with E-state index in [1.165, 1.54) is 23.1 Å². The summed E-state index contributed by atoms with van der Waals surface area (Å²) in [5, 5.41) is 14.4. The van der Waals surface area contributed by atoms with Gasteiger partial charge in [-0.2, -0.15) is 0 Å². The number of aliphatic hydroxyl groups excluding tert-OH is 1. The molecule has 2 aliphatic heterocycles. The van der Waals surface area contributed by atoms with Crippen molar-refractivity contribution in [2.24, 2.45) is 18.9 Å². The number of aryl methyl sites for hydroxylation is 1. The maximum atomic E-state index is 15.3. The number of hydrogen-bond acceptors (Lipinski definition) is 8. The third-order valence-electron chi connectivity index (χ3n) is 13.7. The molecule has 1 aromatic heterocycles. The van der Waals surface area contributed by atoms with Crippen molar-refractivity contribution >= 4 is 35.1 Å². The molecule has 12 nitrogen and oxygen atoms in total. The summed E-state index contributed by atoms with van der Waals surface area (Å²) in [5.74, 6) is -2.73. The van der Waals surface area contributed by atoms with Crippen molar-refractivity contribution in [1.29, 1.82) is 0 Å². The summed E-state index contributed by atoms with van der Waals surface area (Å²) >= 11 is 6.24. The van der Waals surface area contributed by atoms with Crippen LogP contribution < -0.4 is 10.1 Å². The van der Waals surface area contributed by atoms with Gasteiger partial charge in [-0.1, -0.05) is 48.0 Å². The summed E-state index contributed by atoms with van der Waals surface area (Å²) in [6.07, 6.45) is 4.21. The number of ether oxygens (including phenoxy) is 1. The van der Waals surface area contributed by atoms with Gasteiger partial charge in [-0.3, -0.25) is 19.2 Å². The van der Waals surface area contributed by atoms with Gasteiger partial charge in [0.2, 0.25) is 17.7 Å². The van der Waals surface area contributed by atoms with E-state index in [2.05, 4.69) is 16.4 Å². The number of imidazole rings is 1. The smallest absolute Gasteiger partial charge is 0.226 e. The van der Waals surface area contributed by atoms with Crippen LogP contribution in [0.1, 0.15) is 73.0 Å². The van der Waals surface area contributed by atoms with Crippen molar-refractivity contribution in [3.8, 4) is 22.8 Å². The van der Waals surface area contributed by atoms with E-state index in [1.54, 1.807) is 36.1 Å². The molecule has 0 unspecified atom stereocenters. The van der Waals surface area contributed by atoms with Crippen LogP contribution in [0.25, 0.3) is 11.3 Å². The molecule has 3 aliphatic rings. The molecule has 3 heterocycles. The minimum absolute atomic E-state index is 0.177. The molecule has 4 aromatic carbocycles. The lowest BCUT2D eigenvalue weighted by Crippen LogP contribution is -2.63. The minimum atomic E-state index is -1.13. The fourth-order valence-electron chi connectivity index (χ4n) is 10.1. The largest absolute Gasteiger partial charge is 0.457 e. The van der Waals surface area contributed by atoms with Crippen LogP contribution in [-0.2, 0) is 52.2 Å². The third kappa shape index (κ3) is 10.2. The third-order valence-corrected chi connectivity index (χ3v) is 13.9. The van der Waals surface area contributed by atoms with Gasteiger partial charge in [-0.25, -0.2) is 9.37 Å². The van der Waals surface area contributed by atoms with E-state index in [4.69, 9.17) is 16.3 Å². The summed E-state index contributed by atoms with van der Waals surface area (Å²) in [6, 6.07) is 25.7. The van der Waals surface area contributed by atoms with Gasteiger partial charge in [0, 0.05) is 49.1 Å². The van der Waals surface area contributed by atoms with E-state index in [0.717, 1.165) is 40.2 Å². The Bertz CT molecular complexity index is 2580. The van der Waals surface area contributed by atoms with Gasteiger partial charge in [-0.15, -0.1) is 0 Å². The predicted octanol–water partition coefficient (Wildman–Crippen LogP) is 7.49. The number of carbonyl (C=O) groups is 4. The van der Waals surface area contributed by atoms with Crippen molar-refractivity contribution in [2.45, 2.75) is 82.5 Å². The van der Waals surface area contributed by atoms with Crippen molar-refractivity contribution in [1.82, 2.24) is 29.6 Å². The predicted molar refractivity (Wildman–Crippen MR) is 250 cm³/mol. The number of ketones is 1. The van der Waals surface area contributed by atoms with Gasteiger partial charge < -0.3 is 34.4 Å². The standard InChI is InChI=1S/C52H58ClFN6O6/c1-33-46(62)25-38(31-61)50(64)56-52(27-34-10-15-39(53)16-11-34)22-7-23-59(32-52)51(65)44(43-20-14-35-8-5-6-9-42(35)43)26-49(63)60(33)29-37-24-40(54)17-21-47(37)66-41-18-12-36(13-19-41)45-28-55-48(58(45)4)30-57(2)3/h5-6,8-13,15-19,21,24,28,33,38,43-44,61H,7,14,20,22-23,25-27,29-32H2,1-4H3,(H,56,64)/t33-,38-,43+,44-,52+/m0/s1. The van der Waals surface area contributed by atoms with Crippen LogP contribution in [0.4, 0.5) is 4.39 Å². The van der Waals surface area contributed by atoms with Gasteiger partial charge in [-0.05, 0) is 130 Å². The lowest BCUT2D eigenvalue weighted by molar-refractivity contribution is -0.148. The highest BCUT2D eigenvalue weighted by Gasteiger charge is 2.45. The number of hydrogen-bond donors (Lipinski definition) is 2. The van der Waals surface area contributed by atoms with Crippen LogP contribution in [0.2, 0.25) is 5.02 Å². The molecular weight excluding hydrogens is 859 g/mol. The van der Waals surface area contributed by atoms with Crippen LogP contribution >= 0.6 is 11.6 Å².